The van der Waals surface area contributed by atoms with E-state index in [2.05, 4.69) is 19.2 Å². The van der Waals surface area contributed by atoms with Crippen LogP contribution in [0, 0.1) is 11.8 Å². The molecule has 3 N–H and O–H groups in total. The van der Waals surface area contributed by atoms with Gasteiger partial charge in [-0.3, -0.25) is 10.1 Å². The molecular formula is C13H27NO3. The highest BCUT2D eigenvalue weighted by Gasteiger charge is 2.35. The molecule has 17 heavy (non-hydrogen) atoms. The maximum absolute atomic E-state index is 11.3. The number of aliphatic carboxylic acids is 1. The maximum Gasteiger partial charge on any atom is 0.323 e. The number of hydrogen-bond donors (Lipinski definition) is 3. The van der Waals surface area contributed by atoms with Crippen molar-refractivity contribution in [3.8, 4) is 0 Å². The smallest absolute Gasteiger partial charge is 0.323 e. The Hall–Kier alpha value is -0.610. The van der Waals surface area contributed by atoms with Crippen LogP contribution in [0.15, 0.2) is 0 Å². The largest absolute Gasteiger partial charge is 0.480 e. The Labute approximate surface area is 104 Å². The Bertz CT molecular complexity index is 241. The minimum atomic E-state index is -0.962. The summed E-state index contributed by atoms with van der Waals surface area (Å²) in [4.78, 5) is 11.3. The first-order valence-electron chi connectivity index (χ1n) is 6.33. The Kier molecular flexibility index (Phi) is 6.72. The summed E-state index contributed by atoms with van der Waals surface area (Å²) in [7, 11) is 0. The van der Waals surface area contributed by atoms with Crippen LogP contribution in [0.4, 0.5) is 0 Å². The van der Waals surface area contributed by atoms with Crippen molar-refractivity contribution >= 4 is 5.97 Å². The molecule has 0 saturated carbocycles. The first kappa shape index (κ1) is 16.4. The lowest BCUT2D eigenvalue weighted by Crippen LogP contribution is -2.55. The van der Waals surface area contributed by atoms with Crippen molar-refractivity contribution in [2.45, 2.75) is 59.0 Å². The van der Waals surface area contributed by atoms with Gasteiger partial charge in [-0.1, -0.05) is 27.7 Å². The molecule has 0 aliphatic heterocycles. The van der Waals surface area contributed by atoms with E-state index in [1.165, 1.54) is 0 Å². The second-order valence-corrected chi connectivity index (χ2v) is 5.89. The first-order valence-corrected chi connectivity index (χ1v) is 6.33. The summed E-state index contributed by atoms with van der Waals surface area (Å²) in [6.07, 6.45) is 1.33. The average molecular weight is 245 g/mol. The molecule has 0 aromatic rings. The van der Waals surface area contributed by atoms with Gasteiger partial charge in [-0.2, -0.15) is 0 Å². The van der Waals surface area contributed by atoms with Crippen molar-refractivity contribution < 1.29 is 15.0 Å². The zero-order valence-corrected chi connectivity index (χ0v) is 11.7. The van der Waals surface area contributed by atoms with Crippen molar-refractivity contribution in [1.82, 2.24) is 5.32 Å². The molecule has 0 fully saturated rings. The van der Waals surface area contributed by atoms with Crippen LogP contribution in [-0.4, -0.2) is 34.4 Å². The SMILES string of the molecule is CC(C)CC(CO)NC(C)(CC(C)C)C(=O)O. The van der Waals surface area contributed by atoms with Gasteiger partial charge in [-0.05, 0) is 31.6 Å². The van der Waals surface area contributed by atoms with Gasteiger partial charge in [0.05, 0.1) is 6.61 Å². The van der Waals surface area contributed by atoms with Gasteiger partial charge in [0.2, 0.25) is 0 Å². The van der Waals surface area contributed by atoms with E-state index < -0.39 is 11.5 Å². The third-order valence-electron chi connectivity index (χ3n) is 2.79. The highest BCUT2D eigenvalue weighted by Crippen LogP contribution is 2.19. The molecule has 4 heteroatoms. The monoisotopic (exact) mass is 245 g/mol. The van der Waals surface area contributed by atoms with Crippen LogP contribution in [0.1, 0.15) is 47.5 Å². The van der Waals surface area contributed by atoms with E-state index in [0.717, 1.165) is 6.42 Å². The fourth-order valence-electron chi connectivity index (χ4n) is 2.22. The summed E-state index contributed by atoms with van der Waals surface area (Å²) >= 11 is 0. The first-order chi connectivity index (χ1) is 7.71. The van der Waals surface area contributed by atoms with E-state index in [-0.39, 0.29) is 12.6 Å². The lowest BCUT2D eigenvalue weighted by atomic mass is 9.89. The van der Waals surface area contributed by atoms with E-state index in [0.29, 0.717) is 18.3 Å². The fraction of sp³-hybridized carbons (Fsp3) is 0.923. The van der Waals surface area contributed by atoms with Crippen molar-refractivity contribution in [1.29, 1.82) is 0 Å². The lowest BCUT2D eigenvalue weighted by molar-refractivity contribution is -0.145. The topological polar surface area (TPSA) is 69.6 Å². The number of aliphatic hydroxyl groups is 1. The normalized spacial score (nSPS) is 17.2. The molecule has 0 bridgehead atoms. The summed E-state index contributed by atoms with van der Waals surface area (Å²) < 4.78 is 0. The van der Waals surface area contributed by atoms with Crippen LogP contribution in [0.25, 0.3) is 0 Å². The molecule has 102 valence electrons. The van der Waals surface area contributed by atoms with Crippen LogP contribution >= 0.6 is 0 Å². The third-order valence-corrected chi connectivity index (χ3v) is 2.79. The summed E-state index contributed by atoms with van der Waals surface area (Å²) in [6.45, 7) is 9.78. The summed E-state index contributed by atoms with van der Waals surface area (Å²) in [5, 5.41) is 21.7. The molecule has 0 aliphatic rings. The van der Waals surface area contributed by atoms with Gasteiger partial charge in [0, 0.05) is 6.04 Å². The van der Waals surface area contributed by atoms with E-state index in [9.17, 15) is 15.0 Å². The van der Waals surface area contributed by atoms with Gasteiger partial charge in [0.25, 0.3) is 0 Å². The number of nitrogens with one attached hydrogen (secondary N) is 1. The van der Waals surface area contributed by atoms with Crippen LogP contribution in [0.5, 0.6) is 0 Å². The summed E-state index contributed by atoms with van der Waals surface area (Å²) in [5.41, 5.74) is -0.962. The van der Waals surface area contributed by atoms with Crippen LogP contribution < -0.4 is 5.32 Å². The second kappa shape index (κ2) is 6.97. The minimum Gasteiger partial charge on any atom is -0.480 e. The Morgan fingerprint density at radius 3 is 2.06 bits per heavy atom. The van der Waals surface area contributed by atoms with E-state index in [4.69, 9.17) is 0 Å². The van der Waals surface area contributed by atoms with Crippen LogP contribution in [0.2, 0.25) is 0 Å². The predicted octanol–water partition coefficient (Wildman–Crippen LogP) is 1.87. The van der Waals surface area contributed by atoms with Gasteiger partial charge in [0.15, 0.2) is 0 Å². The molecule has 0 radical (unpaired) electrons. The molecule has 0 aliphatic carbocycles. The number of carboxylic acids is 1. The molecule has 0 spiro atoms. The highest BCUT2D eigenvalue weighted by molar-refractivity contribution is 5.78. The number of aliphatic hydroxyl groups excluding tert-OH is 1. The molecule has 0 rings (SSSR count). The Morgan fingerprint density at radius 2 is 1.76 bits per heavy atom. The molecular weight excluding hydrogens is 218 g/mol. The van der Waals surface area contributed by atoms with Crippen LogP contribution in [0.3, 0.4) is 0 Å². The summed E-state index contributed by atoms with van der Waals surface area (Å²) in [5.74, 6) is -0.132. The van der Waals surface area contributed by atoms with Crippen molar-refractivity contribution in [3.63, 3.8) is 0 Å². The molecule has 0 heterocycles. The molecule has 0 amide bonds. The van der Waals surface area contributed by atoms with E-state index in [1.54, 1.807) is 6.92 Å². The summed E-state index contributed by atoms with van der Waals surface area (Å²) in [6, 6.07) is -0.158. The molecule has 0 aromatic carbocycles. The lowest BCUT2D eigenvalue weighted by Gasteiger charge is -2.33. The standard InChI is InChI=1S/C13H27NO3/c1-9(2)6-11(8-15)14-13(5,12(16)17)7-10(3)4/h9-11,14-15H,6-8H2,1-5H3,(H,16,17). The molecule has 4 nitrogen and oxygen atoms in total. The van der Waals surface area contributed by atoms with Gasteiger partial charge in [-0.25, -0.2) is 0 Å². The number of rotatable bonds is 8. The minimum absolute atomic E-state index is 0.0286. The molecule has 0 saturated heterocycles. The zero-order valence-electron chi connectivity index (χ0n) is 11.7. The number of carboxylic acid groups (broad SMARTS) is 1. The van der Waals surface area contributed by atoms with Crippen molar-refractivity contribution in [3.05, 3.63) is 0 Å². The maximum atomic E-state index is 11.3. The Balaban J connectivity index is 4.66. The van der Waals surface area contributed by atoms with E-state index in [1.807, 2.05) is 13.8 Å². The molecule has 0 aromatic heterocycles. The third kappa shape index (κ3) is 6.03. The fourth-order valence-corrected chi connectivity index (χ4v) is 2.22. The van der Waals surface area contributed by atoms with Gasteiger partial charge >= 0.3 is 5.97 Å². The number of carbonyl (C=O) groups is 1. The molecule has 2 atom stereocenters. The average Bonchev–Trinajstić information content (AvgIpc) is 2.14. The van der Waals surface area contributed by atoms with E-state index >= 15 is 0 Å². The van der Waals surface area contributed by atoms with Gasteiger partial charge < -0.3 is 10.2 Å². The van der Waals surface area contributed by atoms with Gasteiger partial charge in [-0.15, -0.1) is 0 Å². The second-order valence-electron chi connectivity index (χ2n) is 5.89. The predicted molar refractivity (Wildman–Crippen MR) is 69.0 cm³/mol. The number of hydrogen-bond acceptors (Lipinski definition) is 3. The van der Waals surface area contributed by atoms with Gasteiger partial charge in [0.1, 0.15) is 5.54 Å². The quantitative estimate of drug-likeness (QED) is 0.610. The van der Waals surface area contributed by atoms with Crippen molar-refractivity contribution in [2.75, 3.05) is 6.61 Å². The molecule has 2 unspecified atom stereocenters. The highest BCUT2D eigenvalue weighted by atomic mass is 16.4. The van der Waals surface area contributed by atoms with Crippen LogP contribution in [-0.2, 0) is 4.79 Å². The zero-order chi connectivity index (χ0) is 13.6. The Morgan fingerprint density at radius 1 is 1.24 bits per heavy atom. The van der Waals surface area contributed by atoms with Crippen molar-refractivity contribution in [2.24, 2.45) is 11.8 Å².